The van der Waals surface area contributed by atoms with Gasteiger partial charge in [-0.25, -0.2) is 0 Å². The van der Waals surface area contributed by atoms with Crippen LogP contribution in [0.3, 0.4) is 0 Å². The predicted molar refractivity (Wildman–Crippen MR) is 110 cm³/mol. The molecule has 5 heteroatoms. The molecule has 0 radical (unpaired) electrons. The van der Waals surface area contributed by atoms with E-state index in [1.54, 1.807) is 7.11 Å². The molecule has 0 bridgehead atoms. The molecule has 0 atom stereocenters. The molecule has 0 heterocycles. The number of anilines is 1. The van der Waals surface area contributed by atoms with Gasteiger partial charge in [0.1, 0.15) is 5.75 Å². The first-order valence-corrected chi connectivity index (χ1v) is 9.92. The minimum Gasteiger partial charge on any atom is -0.497 e. The van der Waals surface area contributed by atoms with Crippen LogP contribution >= 0.6 is 0 Å². The second-order valence-electron chi connectivity index (χ2n) is 7.30. The van der Waals surface area contributed by atoms with Crippen LogP contribution in [-0.4, -0.2) is 25.5 Å². The molecule has 5 nitrogen and oxygen atoms in total. The molecule has 1 fully saturated rings. The second-order valence-corrected chi connectivity index (χ2v) is 7.30. The lowest BCUT2D eigenvalue weighted by Crippen LogP contribution is -2.36. The summed E-state index contributed by atoms with van der Waals surface area (Å²) >= 11 is 0. The maximum atomic E-state index is 12.5. The molecule has 0 unspecified atom stereocenters. The van der Waals surface area contributed by atoms with Crippen LogP contribution in [0.25, 0.3) is 0 Å². The number of ether oxygens (including phenoxy) is 1. The summed E-state index contributed by atoms with van der Waals surface area (Å²) in [6.45, 7) is 0.652. The van der Waals surface area contributed by atoms with Crippen molar-refractivity contribution in [2.24, 2.45) is 11.8 Å². The van der Waals surface area contributed by atoms with E-state index in [0.717, 1.165) is 37.8 Å². The van der Waals surface area contributed by atoms with Gasteiger partial charge in [-0.15, -0.1) is 0 Å². The Morgan fingerprint density at radius 1 is 0.929 bits per heavy atom. The topological polar surface area (TPSA) is 67.4 Å². The fourth-order valence-electron chi connectivity index (χ4n) is 3.68. The van der Waals surface area contributed by atoms with E-state index in [1.165, 1.54) is 5.56 Å². The van der Waals surface area contributed by atoms with Gasteiger partial charge in [0, 0.05) is 30.1 Å². The van der Waals surface area contributed by atoms with Gasteiger partial charge in [0.05, 0.1) is 7.11 Å². The third-order valence-corrected chi connectivity index (χ3v) is 5.36. The monoisotopic (exact) mass is 380 g/mol. The van der Waals surface area contributed by atoms with Crippen LogP contribution < -0.4 is 15.4 Å². The van der Waals surface area contributed by atoms with Crippen LogP contribution in [0.4, 0.5) is 5.69 Å². The quantitative estimate of drug-likeness (QED) is 0.768. The van der Waals surface area contributed by atoms with Crippen molar-refractivity contribution in [1.29, 1.82) is 0 Å². The number of rotatable bonds is 7. The van der Waals surface area contributed by atoms with Gasteiger partial charge in [-0.3, -0.25) is 9.59 Å². The molecule has 0 aromatic heterocycles. The summed E-state index contributed by atoms with van der Waals surface area (Å²) < 4.78 is 5.19. The van der Waals surface area contributed by atoms with Crippen LogP contribution in [0.5, 0.6) is 5.75 Å². The maximum absolute atomic E-state index is 12.5. The zero-order valence-corrected chi connectivity index (χ0v) is 16.3. The van der Waals surface area contributed by atoms with E-state index < -0.39 is 0 Å². The fraction of sp³-hybridized carbons (Fsp3) is 0.391. The summed E-state index contributed by atoms with van der Waals surface area (Å²) in [4.78, 5) is 24.9. The van der Waals surface area contributed by atoms with E-state index in [0.29, 0.717) is 12.3 Å². The summed E-state index contributed by atoms with van der Waals surface area (Å²) in [5, 5.41) is 6.01. The summed E-state index contributed by atoms with van der Waals surface area (Å²) in [7, 11) is 1.60. The predicted octanol–water partition coefficient (Wildman–Crippen LogP) is 3.80. The molecule has 1 saturated carbocycles. The Kier molecular flexibility index (Phi) is 7.06. The molecule has 2 aromatic rings. The standard InChI is InChI=1S/C23H28N2O3/c1-28-21-9-5-8-20(16-21)25-23(27)19-12-10-18(11-13-19)22(26)24-15-14-17-6-3-2-4-7-17/h2-9,16,18-19H,10-15H2,1H3,(H,24,26)(H,25,27). The molecular weight excluding hydrogens is 352 g/mol. The molecule has 2 amide bonds. The zero-order chi connectivity index (χ0) is 19.8. The van der Waals surface area contributed by atoms with Gasteiger partial charge in [-0.1, -0.05) is 36.4 Å². The second kappa shape index (κ2) is 9.93. The lowest BCUT2D eigenvalue weighted by Gasteiger charge is -2.27. The Balaban J connectivity index is 1.40. The Morgan fingerprint density at radius 3 is 2.29 bits per heavy atom. The minimum atomic E-state index is -0.0421. The first-order chi connectivity index (χ1) is 13.7. The van der Waals surface area contributed by atoms with E-state index in [4.69, 9.17) is 4.74 Å². The van der Waals surface area contributed by atoms with Gasteiger partial charge in [-0.05, 0) is 49.8 Å². The molecule has 0 aliphatic heterocycles. The Labute approximate surface area is 166 Å². The van der Waals surface area contributed by atoms with E-state index in [1.807, 2.05) is 42.5 Å². The van der Waals surface area contributed by atoms with Crippen LogP contribution in [0.1, 0.15) is 31.2 Å². The SMILES string of the molecule is COc1cccc(NC(=O)C2CCC(C(=O)NCCc3ccccc3)CC2)c1. The highest BCUT2D eigenvalue weighted by Crippen LogP contribution is 2.30. The first kappa shape index (κ1) is 19.9. The van der Waals surface area contributed by atoms with Crippen molar-refractivity contribution in [3.63, 3.8) is 0 Å². The molecule has 2 N–H and O–H groups in total. The number of benzene rings is 2. The molecule has 0 saturated heterocycles. The van der Waals surface area contributed by atoms with Gasteiger partial charge in [0.15, 0.2) is 0 Å². The van der Waals surface area contributed by atoms with Crippen molar-refractivity contribution >= 4 is 17.5 Å². The Bertz CT molecular complexity index is 783. The molecule has 1 aliphatic rings. The third kappa shape index (κ3) is 5.59. The Hall–Kier alpha value is -2.82. The highest BCUT2D eigenvalue weighted by atomic mass is 16.5. The molecule has 28 heavy (non-hydrogen) atoms. The average molecular weight is 380 g/mol. The summed E-state index contributed by atoms with van der Waals surface area (Å²) in [5.74, 6) is 0.823. The van der Waals surface area contributed by atoms with Gasteiger partial charge in [0.25, 0.3) is 0 Å². The highest BCUT2D eigenvalue weighted by molar-refractivity contribution is 5.93. The average Bonchev–Trinajstić information content (AvgIpc) is 2.74. The number of hydrogen-bond acceptors (Lipinski definition) is 3. The maximum Gasteiger partial charge on any atom is 0.227 e. The smallest absolute Gasteiger partial charge is 0.227 e. The van der Waals surface area contributed by atoms with Gasteiger partial charge >= 0.3 is 0 Å². The summed E-state index contributed by atoms with van der Waals surface area (Å²) in [6.07, 6.45) is 3.84. The number of nitrogens with one attached hydrogen (secondary N) is 2. The summed E-state index contributed by atoms with van der Waals surface area (Å²) in [6, 6.07) is 17.5. The van der Waals surface area contributed by atoms with Crippen molar-refractivity contribution in [3.8, 4) is 5.75 Å². The number of carbonyl (C=O) groups is 2. The lowest BCUT2D eigenvalue weighted by atomic mass is 9.81. The molecule has 1 aliphatic carbocycles. The van der Waals surface area contributed by atoms with E-state index in [-0.39, 0.29) is 23.7 Å². The highest BCUT2D eigenvalue weighted by Gasteiger charge is 2.29. The van der Waals surface area contributed by atoms with Crippen molar-refractivity contribution in [2.75, 3.05) is 19.0 Å². The molecule has 2 aromatic carbocycles. The van der Waals surface area contributed by atoms with Gasteiger partial charge in [0.2, 0.25) is 11.8 Å². The van der Waals surface area contributed by atoms with E-state index in [2.05, 4.69) is 22.8 Å². The normalized spacial score (nSPS) is 18.9. The fourth-order valence-corrected chi connectivity index (χ4v) is 3.68. The van der Waals surface area contributed by atoms with Crippen molar-refractivity contribution in [3.05, 3.63) is 60.2 Å². The molecule has 0 spiro atoms. The zero-order valence-electron chi connectivity index (χ0n) is 16.3. The van der Waals surface area contributed by atoms with E-state index in [9.17, 15) is 9.59 Å². The number of hydrogen-bond donors (Lipinski definition) is 2. The number of carbonyl (C=O) groups excluding carboxylic acids is 2. The lowest BCUT2D eigenvalue weighted by molar-refractivity contribution is -0.128. The minimum absolute atomic E-state index is 0.0108. The van der Waals surface area contributed by atoms with E-state index >= 15 is 0 Å². The van der Waals surface area contributed by atoms with Crippen molar-refractivity contribution in [1.82, 2.24) is 5.32 Å². The summed E-state index contributed by atoms with van der Waals surface area (Å²) in [5.41, 5.74) is 1.96. The molecule has 3 rings (SSSR count). The largest absolute Gasteiger partial charge is 0.497 e. The molecular formula is C23H28N2O3. The van der Waals surface area contributed by atoms with Crippen LogP contribution in [0.2, 0.25) is 0 Å². The third-order valence-electron chi connectivity index (χ3n) is 5.36. The van der Waals surface area contributed by atoms with Crippen molar-refractivity contribution in [2.45, 2.75) is 32.1 Å². The van der Waals surface area contributed by atoms with Crippen LogP contribution in [-0.2, 0) is 16.0 Å². The first-order valence-electron chi connectivity index (χ1n) is 9.92. The van der Waals surface area contributed by atoms with Crippen LogP contribution in [0, 0.1) is 11.8 Å². The Morgan fingerprint density at radius 2 is 1.61 bits per heavy atom. The van der Waals surface area contributed by atoms with Crippen molar-refractivity contribution < 1.29 is 14.3 Å². The molecule has 148 valence electrons. The number of methoxy groups -OCH3 is 1. The van der Waals surface area contributed by atoms with Gasteiger partial charge in [-0.2, -0.15) is 0 Å². The van der Waals surface area contributed by atoms with Crippen LogP contribution in [0.15, 0.2) is 54.6 Å². The van der Waals surface area contributed by atoms with Gasteiger partial charge < -0.3 is 15.4 Å². The number of amides is 2.